The lowest BCUT2D eigenvalue weighted by molar-refractivity contribution is 0.352. The third kappa shape index (κ3) is 4.59. The van der Waals surface area contributed by atoms with Gasteiger partial charge in [0, 0.05) is 25.7 Å². The lowest BCUT2D eigenvalue weighted by Crippen LogP contribution is -2.26. The number of rotatable bonds is 7. The van der Waals surface area contributed by atoms with Crippen LogP contribution in [0.15, 0.2) is 36.4 Å². The molecule has 18 heavy (non-hydrogen) atoms. The van der Waals surface area contributed by atoms with Crippen molar-refractivity contribution in [2.24, 2.45) is 0 Å². The number of halogens is 1. The Bertz CT molecular complexity index is 395. The standard InChI is InChI=1S/C15H21FN2/c1-12(9-17-15-7-8-15)10-18(2)11-13-3-5-14(16)6-4-13/h3-6,15,17H,1,7-11H2,2H3. The highest BCUT2D eigenvalue weighted by Crippen LogP contribution is 2.18. The Morgan fingerprint density at radius 1 is 1.39 bits per heavy atom. The quantitative estimate of drug-likeness (QED) is 0.746. The second-order valence-corrected chi connectivity index (χ2v) is 5.20. The molecule has 0 atom stereocenters. The van der Waals surface area contributed by atoms with Crippen molar-refractivity contribution < 1.29 is 4.39 Å². The van der Waals surface area contributed by atoms with E-state index >= 15 is 0 Å². The molecule has 1 N–H and O–H groups in total. The molecule has 0 amide bonds. The molecule has 0 aromatic heterocycles. The van der Waals surface area contributed by atoms with Crippen molar-refractivity contribution in [1.82, 2.24) is 10.2 Å². The summed E-state index contributed by atoms with van der Waals surface area (Å²) >= 11 is 0. The molecule has 0 unspecified atom stereocenters. The molecule has 2 nitrogen and oxygen atoms in total. The van der Waals surface area contributed by atoms with Gasteiger partial charge in [-0.1, -0.05) is 18.7 Å². The van der Waals surface area contributed by atoms with E-state index in [4.69, 9.17) is 0 Å². The molecule has 0 radical (unpaired) electrons. The average Bonchev–Trinajstić information content (AvgIpc) is 3.13. The van der Waals surface area contributed by atoms with Crippen LogP contribution in [-0.4, -0.2) is 31.1 Å². The molecular formula is C15H21FN2. The van der Waals surface area contributed by atoms with Gasteiger partial charge in [-0.05, 0) is 43.2 Å². The van der Waals surface area contributed by atoms with Crippen molar-refractivity contribution in [3.05, 3.63) is 47.8 Å². The van der Waals surface area contributed by atoms with Gasteiger partial charge in [0.05, 0.1) is 0 Å². The molecule has 1 aliphatic rings. The normalized spacial score (nSPS) is 15.1. The van der Waals surface area contributed by atoms with E-state index in [-0.39, 0.29) is 5.82 Å². The molecule has 0 bridgehead atoms. The Labute approximate surface area is 108 Å². The van der Waals surface area contributed by atoms with Crippen molar-refractivity contribution in [2.75, 3.05) is 20.1 Å². The van der Waals surface area contributed by atoms with Gasteiger partial charge < -0.3 is 5.32 Å². The summed E-state index contributed by atoms with van der Waals surface area (Å²) in [6.07, 6.45) is 2.61. The molecule has 0 saturated heterocycles. The van der Waals surface area contributed by atoms with E-state index in [1.54, 1.807) is 0 Å². The topological polar surface area (TPSA) is 15.3 Å². The fraction of sp³-hybridized carbons (Fsp3) is 0.467. The van der Waals surface area contributed by atoms with Crippen LogP contribution < -0.4 is 5.32 Å². The fourth-order valence-corrected chi connectivity index (χ4v) is 1.97. The zero-order valence-electron chi connectivity index (χ0n) is 11.0. The summed E-state index contributed by atoms with van der Waals surface area (Å²) in [5.41, 5.74) is 2.33. The van der Waals surface area contributed by atoms with Crippen LogP contribution in [0.2, 0.25) is 0 Å². The van der Waals surface area contributed by atoms with Crippen LogP contribution in [0.5, 0.6) is 0 Å². The minimum atomic E-state index is -0.181. The Kier molecular flexibility index (Phi) is 4.50. The van der Waals surface area contributed by atoms with E-state index in [1.165, 1.54) is 30.5 Å². The smallest absolute Gasteiger partial charge is 0.123 e. The summed E-state index contributed by atoms with van der Waals surface area (Å²) in [4.78, 5) is 2.20. The fourth-order valence-electron chi connectivity index (χ4n) is 1.97. The maximum absolute atomic E-state index is 12.8. The zero-order chi connectivity index (χ0) is 13.0. The van der Waals surface area contributed by atoms with Gasteiger partial charge in [0.1, 0.15) is 5.82 Å². The van der Waals surface area contributed by atoms with Crippen molar-refractivity contribution in [3.8, 4) is 0 Å². The van der Waals surface area contributed by atoms with Crippen LogP contribution in [0.4, 0.5) is 4.39 Å². The molecule has 1 aliphatic carbocycles. The number of benzene rings is 1. The van der Waals surface area contributed by atoms with Gasteiger partial charge in [-0.3, -0.25) is 4.90 Å². The molecule has 98 valence electrons. The molecule has 0 aliphatic heterocycles. The zero-order valence-corrected chi connectivity index (χ0v) is 11.0. The molecular weight excluding hydrogens is 227 g/mol. The second kappa shape index (κ2) is 6.12. The second-order valence-electron chi connectivity index (χ2n) is 5.20. The Morgan fingerprint density at radius 3 is 2.67 bits per heavy atom. The van der Waals surface area contributed by atoms with E-state index < -0.39 is 0 Å². The van der Waals surface area contributed by atoms with Gasteiger partial charge in [-0.15, -0.1) is 0 Å². The maximum atomic E-state index is 12.8. The van der Waals surface area contributed by atoms with E-state index in [1.807, 2.05) is 12.1 Å². The minimum Gasteiger partial charge on any atom is -0.310 e. The summed E-state index contributed by atoms with van der Waals surface area (Å²) < 4.78 is 12.8. The van der Waals surface area contributed by atoms with Crippen LogP contribution in [0, 0.1) is 5.82 Å². The third-order valence-electron chi connectivity index (χ3n) is 3.08. The van der Waals surface area contributed by atoms with Crippen LogP contribution in [0.25, 0.3) is 0 Å². The van der Waals surface area contributed by atoms with Crippen molar-refractivity contribution in [2.45, 2.75) is 25.4 Å². The molecule has 1 aromatic rings. The summed E-state index contributed by atoms with van der Waals surface area (Å²) in [5.74, 6) is -0.181. The number of hydrogen-bond acceptors (Lipinski definition) is 2. The molecule has 1 fully saturated rings. The highest BCUT2D eigenvalue weighted by molar-refractivity contribution is 5.16. The van der Waals surface area contributed by atoms with Crippen molar-refractivity contribution >= 4 is 0 Å². The minimum absolute atomic E-state index is 0.181. The van der Waals surface area contributed by atoms with Gasteiger partial charge in [-0.25, -0.2) is 4.39 Å². The molecule has 1 saturated carbocycles. The lowest BCUT2D eigenvalue weighted by Gasteiger charge is -2.18. The first-order valence-electron chi connectivity index (χ1n) is 6.46. The first-order chi connectivity index (χ1) is 8.63. The first-order valence-corrected chi connectivity index (χ1v) is 6.46. The maximum Gasteiger partial charge on any atom is 0.123 e. The van der Waals surface area contributed by atoms with Gasteiger partial charge >= 0.3 is 0 Å². The van der Waals surface area contributed by atoms with E-state index in [9.17, 15) is 4.39 Å². The van der Waals surface area contributed by atoms with Crippen molar-refractivity contribution in [1.29, 1.82) is 0 Å². The largest absolute Gasteiger partial charge is 0.310 e. The average molecular weight is 248 g/mol. The van der Waals surface area contributed by atoms with Crippen LogP contribution >= 0.6 is 0 Å². The van der Waals surface area contributed by atoms with Gasteiger partial charge in [0.2, 0.25) is 0 Å². The Hall–Kier alpha value is -1.19. The van der Waals surface area contributed by atoms with Gasteiger partial charge in [-0.2, -0.15) is 0 Å². The van der Waals surface area contributed by atoms with Crippen LogP contribution in [0.3, 0.4) is 0 Å². The third-order valence-corrected chi connectivity index (χ3v) is 3.08. The van der Waals surface area contributed by atoms with Crippen LogP contribution in [-0.2, 0) is 6.54 Å². The van der Waals surface area contributed by atoms with E-state index in [2.05, 4.69) is 23.8 Å². The first kappa shape index (κ1) is 13.2. The summed E-state index contributed by atoms with van der Waals surface area (Å²) in [7, 11) is 2.06. The summed E-state index contributed by atoms with van der Waals surface area (Å²) in [5, 5.41) is 3.46. The summed E-state index contributed by atoms with van der Waals surface area (Å²) in [6.45, 7) is 6.68. The lowest BCUT2D eigenvalue weighted by atomic mass is 10.2. The molecule has 2 rings (SSSR count). The molecule has 1 aromatic carbocycles. The number of nitrogens with one attached hydrogen (secondary N) is 1. The summed E-state index contributed by atoms with van der Waals surface area (Å²) in [6, 6.07) is 7.40. The van der Waals surface area contributed by atoms with Gasteiger partial charge in [0.25, 0.3) is 0 Å². The molecule has 0 heterocycles. The monoisotopic (exact) mass is 248 g/mol. The highest BCUT2D eigenvalue weighted by Gasteiger charge is 2.20. The van der Waals surface area contributed by atoms with E-state index in [0.29, 0.717) is 0 Å². The Morgan fingerprint density at radius 2 is 2.06 bits per heavy atom. The number of hydrogen-bond donors (Lipinski definition) is 1. The predicted molar refractivity (Wildman–Crippen MR) is 72.9 cm³/mol. The van der Waals surface area contributed by atoms with Crippen LogP contribution in [0.1, 0.15) is 18.4 Å². The van der Waals surface area contributed by atoms with Crippen molar-refractivity contribution in [3.63, 3.8) is 0 Å². The van der Waals surface area contributed by atoms with E-state index in [0.717, 1.165) is 31.2 Å². The molecule has 3 heteroatoms. The molecule has 0 spiro atoms. The predicted octanol–water partition coefficient (Wildman–Crippen LogP) is 2.57. The van der Waals surface area contributed by atoms with Gasteiger partial charge in [0.15, 0.2) is 0 Å². The highest BCUT2D eigenvalue weighted by atomic mass is 19.1. The number of nitrogens with zero attached hydrogens (tertiary/aromatic N) is 1. The number of likely N-dealkylation sites (N-methyl/N-ethyl adjacent to an activating group) is 1. The SMILES string of the molecule is C=C(CNC1CC1)CN(C)Cc1ccc(F)cc1. The Balaban J connectivity index is 1.71.